The second-order valence-corrected chi connectivity index (χ2v) is 5.86. The molecule has 114 valence electrons. The molecule has 0 amide bonds. The van der Waals surface area contributed by atoms with Crippen LogP contribution < -0.4 is 15.8 Å². The van der Waals surface area contributed by atoms with E-state index < -0.39 is 0 Å². The number of hydrogen-bond donors (Lipinski definition) is 1. The van der Waals surface area contributed by atoms with Crippen LogP contribution in [0.1, 0.15) is 40.5 Å². The fraction of sp³-hybridized carbons (Fsp3) is 0.733. The van der Waals surface area contributed by atoms with Crippen LogP contribution in [-0.4, -0.2) is 35.5 Å². The van der Waals surface area contributed by atoms with E-state index in [1.54, 1.807) is 12.3 Å². The van der Waals surface area contributed by atoms with Crippen LogP contribution in [0.4, 0.5) is 5.69 Å². The lowest BCUT2D eigenvalue weighted by Crippen LogP contribution is -2.41. The van der Waals surface area contributed by atoms with E-state index in [1.807, 2.05) is 7.05 Å². The van der Waals surface area contributed by atoms with Crippen LogP contribution in [0.3, 0.4) is 0 Å². The minimum Gasteiger partial charge on any atom is -0.373 e. The Hall–Kier alpha value is -1.36. The van der Waals surface area contributed by atoms with Gasteiger partial charge < -0.3 is 10.2 Å². The minimum atomic E-state index is -0.0402. The fourth-order valence-corrected chi connectivity index (χ4v) is 1.89. The van der Waals surface area contributed by atoms with Crippen LogP contribution in [-0.2, 0) is 6.54 Å². The molecule has 1 rings (SSSR count). The molecule has 0 fully saturated rings. The molecule has 0 aromatic carbocycles. The Morgan fingerprint density at radius 2 is 2.10 bits per heavy atom. The Balaban J connectivity index is 2.63. The molecule has 0 atom stereocenters. The Labute approximate surface area is 122 Å². The van der Waals surface area contributed by atoms with Gasteiger partial charge in [-0.15, -0.1) is 0 Å². The summed E-state index contributed by atoms with van der Waals surface area (Å²) in [4.78, 5) is 14.1. The molecule has 0 saturated carbocycles. The molecular weight excluding hydrogens is 252 g/mol. The van der Waals surface area contributed by atoms with Crippen molar-refractivity contribution in [2.75, 3.05) is 25.0 Å². The van der Waals surface area contributed by atoms with Gasteiger partial charge in [-0.25, -0.2) is 4.68 Å². The number of nitrogens with zero attached hydrogens (tertiary/aromatic N) is 3. The molecule has 5 heteroatoms. The van der Waals surface area contributed by atoms with E-state index >= 15 is 0 Å². The zero-order valence-corrected chi connectivity index (χ0v) is 13.4. The molecule has 5 nitrogen and oxygen atoms in total. The van der Waals surface area contributed by atoms with E-state index in [0.29, 0.717) is 6.54 Å². The van der Waals surface area contributed by atoms with Gasteiger partial charge in [0.1, 0.15) is 0 Å². The van der Waals surface area contributed by atoms with Gasteiger partial charge in [0.15, 0.2) is 0 Å². The van der Waals surface area contributed by atoms with Crippen molar-refractivity contribution in [3.05, 3.63) is 22.6 Å². The van der Waals surface area contributed by atoms with Gasteiger partial charge in [0.25, 0.3) is 5.56 Å². The summed E-state index contributed by atoms with van der Waals surface area (Å²) >= 11 is 0. The van der Waals surface area contributed by atoms with Crippen LogP contribution in [0.25, 0.3) is 0 Å². The van der Waals surface area contributed by atoms with E-state index in [2.05, 4.69) is 43.0 Å². The topological polar surface area (TPSA) is 50.2 Å². The van der Waals surface area contributed by atoms with E-state index in [4.69, 9.17) is 0 Å². The van der Waals surface area contributed by atoms with E-state index in [9.17, 15) is 4.79 Å². The SMILES string of the molecule is CCCN(C)c1cnn(CCNC(C)(C)CC)c(=O)c1. The van der Waals surface area contributed by atoms with Crippen molar-refractivity contribution in [1.82, 2.24) is 15.1 Å². The molecule has 1 heterocycles. The average molecular weight is 280 g/mol. The first-order valence-corrected chi connectivity index (χ1v) is 7.43. The molecule has 1 N–H and O–H groups in total. The standard InChI is InChI=1S/C15H28N4O/c1-6-9-18(5)13-11-14(20)19(17-12-13)10-8-16-15(3,4)7-2/h11-12,16H,6-10H2,1-5H3. The third-order valence-corrected chi connectivity index (χ3v) is 3.67. The first-order chi connectivity index (χ1) is 9.39. The van der Waals surface area contributed by atoms with Gasteiger partial charge in [0.2, 0.25) is 0 Å². The molecule has 0 unspecified atom stereocenters. The predicted molar refractivity (Wildman–Crippen MR) is 84.4 cm³/mol. The monoisotopic (exact) mass is 280 g/mol. The third-order valence-electron chi connectivity index (χ3n) is 3.67. The van der Waals surface area contributed by atoms with Crippen molar-refractivity contribution >= 4 is 5.69 Å². The highest BCUT2D eigenvalue weighted by Crippen LogP contribution is 2.07. The van der Waals surface area contributed by atoms with Crippen molar-refractivity contribution in [3.8, 4) is 0 Å². The van der Waals surface area contributed by atoms with Gasteiger partial charge in [-0.1, -0.05) is 13.8 Å². The molecular formula is C15H28N4O. The van der Waals surface area contributed by atoms with Gasteiger partial charge >= 0.3 is 0 Å². The summed E-state index contributed by atoms with van der Waals surface area (Å²) in [5, 5.41) is 7.68. The largest absolute Gasteiger partial charge is 0.373 e. The van der Waals surface area contributed by atoms with Crippen LogP contribution in [0, 0.1) is 0 Å². The van der Waals surface area contributed by atoms with Crippen LogP contribution >= 0.6 is 0 Å². The Morgan fingerprint density at radius 3 is 2.65 bits per heavy atom. The highest BCUT2D eigenvalue weighted by atomic mass is 16.1. The van der Waals surface area contributed by atoms with Crippen molar-refractivity contribution in [1.29, 1.82) is 0 Å². The molecule has 0 bridgehead atoms. The number of aromatic nitrogens is 2. The van der Waals surface area contributed by atoms with Crippen LogP contribution in [0.5, 0.6) is 0 Å². The fourth-order valence-electron chi connectivity index (χ4n) is 1.89. The Bertz CT molecular complexity index is 467. The van der Waals surface area contributed by atoms with E-state index in [0.717, 1.165) is 31.6 Å². The molecule has 20 heavy (non-hydrogen) atoms. The summed E-state index contributed by atoms with van der Waals surface area (Å²) in [5.41, 5.74) is 0.946. The number of anilines is 1. The average Bonchev–Trinajstić information content (AvgIpc) is 2.40. The summed E-state index contributed by atoms with van der Waals surface area (Å²) in [6, 6.07) is 1.66. The maximum Gasteiger partial charge on any atom is 0.268 e. The van der Waals surface area contributed by atoms with E-state index in [-0.39, 0.29) is 11.1 Å². The highest BCUT2D eigenvalue weighted by Gasteiger charge is 2.13. The zero-order chi connectivity index (χ0) is 15.2. The summed E-state index contributed by atoms with van der Waals surface area (Å²) < 4.78 is 1.52. The maximum atomic E-state index is 12.0. The van der Waals surface area contributed by atoms with Gasteiger partial charge in [0, 0.05) is 31.7 Å². The summed E-state index contributed by atoms with van der Waals surface area (Å²) in [7, 11) is 1.98. The smallest absolute Gasteiger partial charge is 0.268 e. The summed E-state index contributed by atoms with van der Waals surface area (Å²) in [6.07, 6.45) is 3.87. The van der Waals surface area contributed by atoms with Crippen molar-refractivity contribution < 1.29 is 0 Å². The lowest BCUT2D eigenvalue weighted by atomic mass is 10.0. The van der Waals surface area contributed by atoms with Gasteiger partial charge in [-0.3, -0.25) is 4.79 Å². The molecule has 0 radical (unpaired) electrons. The zero-order valence-electron chi connectivity index (χ0n) is 13.4. The molecule has 1 aromatic heterocycles. The number of rotatable bonds is 8. The molecule has 1 aromatic rings. The van der Waals surface area contributed by atoms with Crippen molar-refractivity contribution in [3.63, 3.8) is 0 Å². The summed E-state index contributed by atoms with van der Waals surface area (Å²) in [5.74, 6) is 0. The lowest BCUT2D eigenvalue weighted by Gasteiger charge is -2.24. The minimum absolute atomic E-state index is 0.0402. The Kier molecular flexibility index (Phi) is 6.20. The Morgan fingerprint density at radius 1 is 1.40 bits per heavy atom. The highest BCUT2D eigenvalue weighted by molar-refractivity contribution is 5.41. The number of hydrogen-bond acceptors (Lipinski definition) is 4. The van der Waals surface area contributed by atoms with Crippen molar-refractivity contribution in [2.24, 2.45) is 0 Å². The van der Waals surface area contributed by atoms with Crippen LogP contribution in [0.15, 0.2) is 17.1 Å². The second-order valence-electron chi connectivity index (χ2n) is 5.86. The van der Waals surface area contributed by atoms with Gasteiger partial charge in [-0.05, 0) is 26.7 Å². The molecule has 0 aliphatic carbocycles. The third kappa shape index (κ3) is 4.96. The quantitative estimate of drug-likeness (QED) is 0.790. The first kappa shape index (κ1) is 16.7. The predicted octanol–water partition coefficient (Wildman–Crippen LogP) is 1.87. The number of nitrogens with one attached hydrogen (secondary N) is 1. The molecule has 0 saturated heterocycles. The molecule has 0 aliphatic rings. The van der Waals surface area contributed by atoms with Crippen LogP contribution in [0.2, 0.25) is 0 Å². The van der Waals surface area contributed by atoms with E-state index in [1.165, 1.54) is 4.68 Å². The van der Waals surface area contributed by atoms with Gasteiger partial charge in [0.05, 0.1) is 18.4 Å². The molecule has 0 spiro atoms. The first-order valence-electron chi connectivity index (χ1n) is 7.43. The van der Waals surface area contributed by atoms with Crippen molar-refractivity contribution in [2.45, 2.75) is 52.6 Å². The summed E-state index contributed by atoms with van der Waals surface area (Å²) in [6.45, 7) is 10.9. The second kappa shape index (κ2) is 7.43. The van der Waals surface area contributed by atoms with Gasteiger partial charge in [-0.2, -0.15) is 5.10 Å². The maximum absolute atomic E-state index is 12.0. The lowest BCUT2D eigenvalue weighted by molar-refractivity contribution is 0.360. The normalized spacial score (nSPS) is 11.7. The molecule has 0 aliphatic heterocycles.